The Morgan fingerprint density at radius 1 is 0.870 bits per heavy atom. The Balaban J connectivity index is 6.19. The van der Waals surface area contributed by atoms with E-state index in [-0.39, 0.29) is 0 Å². The Morgan fingerprint density at radius 3 is 1.48 bits per heavy atom. The number of hydrogen-bond acceptors (Lipinski definition) is 2. The van der Waals surface area contributed by atoms with Gasteiger partial charge in [0.25, 0.3) is 0 Å². The largest absolute Gasteiger partial charge is 0.445 e. The maximum atomic E-state index is 12.8. The molecule has 138 valence electrons. The summed E-state index contributed by atoms with van der Waals surface area (Å²) >= 11 is 0. The van der Waals surface area contributed by atoms with Gasteiger partial charge in [0.05, 0.1) is 0 Å². The zero-order chi connectivity index (χ0) is 19.2. The second-order valence-corrected chi connectivity index (χ2v) is 5.17. The number of halogens is 12. The molecule has 23 heavy (non-hydrogen) atoms. The lowest BCUT2D eigenvalue weighted by Gasteiger charge is -2.32. The normalized spacial score (nSPS) is 17.8. The van der Waals surface area contributed by atoms with Crippen molar-refractivity contribution < 1.29 is 65.7 Å². The van der Waals surface area contributed by atoms with Crippen LogP contribution in [-0.2, 0) is 10.1 Å². The molecule has 0 aliphatic carbocycles. The Bertz CT molecular complexity index is 588. The van der Waals surface area contributed by atoms with Gasteiger partial charge >= 0.3 is 33.4 Å². The van der Waals surface area contributed by atoms with Gasteiger partial charge in [0.1, 0.15) is 0 Å². The van der Waals surface area contributed by atoms with Crippen molar-refractivity contribution in [2.75, 3.05) is 0 Å². The van der Waals surface area contributed by atoms with E-state index in [2.05, 4.69) is 0 Å². The highest BCUT2D eigenvalue weighted by molar-refractivity contribution is 7.87. The van der Waals surface area contributed by atoms with E-state index in [4.69, 9.17) is 4.55 Å². The smallest absolute Gasteiger partial charge is 0.281 e. The molecule has 0 amide bonds. The van der Waals surface area contributed by atoms with Crippen LogP contribution in [0.25, 0.3) is 0 Å². The van der Waals surface area contributed by atoms with E-state index in [9.17, 15) is 61.1 Å². The van der Waals surface area contributed by atoms with Gasteiger partial charge in [-0.2, -0.15) is 52.3 Å². The zero-order valence-corrected chi connectivity index (χ0v) is 10.6. The van der Waals surface area contributed by atoms with Gasteiger partial charge in [0.15, 0.2) is 5.83 Å². The maximum Gasteiger partial charge on any atom is 0.445 e. The summed E-state index contributed by atoms with van der Waals surface area (Å²) in [4.78, 5) is 0. The average molecular weight is 394 g/mol. The minimum Gasteiger partial charge on any atom is -0.281 e. The van der Waals surface area contributed by atoms with E-state index in [0.29, 0.717) is 0 Å². The van der Waals surface area contributed by atoms with Gasteiger partial charge in [-0.1, -0.05) is 0 Å². The quantitative estimate of drug-likeness (QED) is 0.571. The van der Waals surface area contributed by atoms with E-state index in [1.54, 1.807) is 0 Å². The van der Waals surface area contributed by atoms with Gasteiger partial charge in [-0.3, -0.25) is 4.55 Å². The fraction of sp³-hybridized carbons (Fsp3) is 0.714. The molecule has 1 unspecified atom stereocenters. The zero-order valence-electron chi connectivity index (χ0n) is 9.78. The molecule has 0 aliphatic heterocycles. The van der Waals surface area contributed by atoms with Crippen molar-refractivity contribution in [2.45, 2.75) is 29.4 Å². The minimum absolute atomic E-state index is 4.23. The van der Waals surface area contributed by atoms with Gasteiger partial charge < -0.3 is 0 Å². The Labute approximate surface area is 118 Å². The third-order valence-corrected chi connectivity index (χ3v) is 3.01. The molecule has 0 aliphatic rings. The summed E-state index contributed by atoms with van der Waals surface area (Å²) in [7, 11) is -7.34. The van der Waals surface area contributed by atoms with E-state index < -0.39 is 51.2 Å². The maximum absolute atomic E-state index is 12.8. The average Bonchev–Trinajstić information content (AvgIpc) is 2.32. The molecule has 0 fully saturated rings. The number of hydrogen-bond donors (Lipinski definition) is 1. The Hall–Kier alpha value is -1.19. The first kappa shape index (κ1) is 21.8. The van der Waals surface area contributed by atoms with Crippen LogP contribution in [0.2, 0.25) is 0 Å². The molecule has 0 saturated carbocycles. The molecule has 0 rings (SSSR count). The minimum atomic E-state index is -7.45. The van der Waals surface area contributed by atoms with E-state index in [0.717, 1.165) is 0 Å². The van der Waals surface area contributed by atoms with Crippen molar-refractivity contribution in [3.8, 4) is 0 Å². The van der Waals surface area contributed by atoms with E-state index >= 15 is 0 Å². The third kappa shape index (κ3) is 3.51. The topological polar surface area (TPSA) is 54.4 Å². The van der Waals surface area contributed by atoms with E-state index in [1.807, 2.05) is 0 Å². The number of allylic oxidation sites excluding steroid dienone is 2. The predicted octanol–water partition coefficient (Wildman–Crippen LogP) is 3.79. The molecule has 0 aromatic rings. The number of alkyl halides is 10. The van der Waals surface area contributed by atoms with Crippen molar-refractivity contribution in [2.24, 2.45) is 0 Å². The second-order valence-electron chi connectivity index (χ2n) is 3.71. The highest BCUT2D eigenvalue weighted by Crippen LogP contribution is 2.52. The highest BCUT2D eigenvalue weighted by atomic mass is 32.2. The molecule has 16 heteroatoms. The van der Waals surface area contributed by atoms with Crippen molar-refractivity contribution in [1.29, 1.82) is 0 Å². The first-order chi connectivity index (χ1) is 9.73. The fourth-order valence-corrected chi connectivity index (χ4v) is 1.38. The SMILES string of the molecule is O=S(=O)(O)C(F)(F)C(F)(F)C(F)(F)C(F)C(F)=C(F)C(F)(F)F. The number of rotatable bonds is 5. The molecule has 0 spiro atoms. The van der Waals surface area contributed by atoms with Crippen LogP contribution in [0.4, 0.5) is 52.7 Å². The molecule has 1 atom stereocenters. The summed E-state index contributed by atoms with van der Waals surface area (Å²) in [5.41, 5.74) is 0. The highest BCUT2D eigenvalue weighted by Gasteiger charge is 2.80. The van der Waals surface area contributed by atoms with E-state index in [1.165, 1.54) is 0 Å². The Morgan fingerprint density at radius 2 is 1.22 bits per heavy atom. The lowest BCUT2D eigenvalue weighted by atomic mass is 10.1. The standard InChI is InChI=1S/C7H2F12O3S/c8-1(3(10)5(13,14)15)2(9)4(11,12)6(16,17)7(18,19)23(20,21)22/h2H,(H,20,21,22). The first-order valence-corrected chi connectivity index (χ1v) is 6.03. The molecular formula is C7H2F12O3S. The summed E-state index contributed by atoms with van der Waals surface area (Å²) in [6.45, 7) is 0. The summed E-state index contributed by atoms with van der Waals surface area (Å²) in [5.74, 6) is -23.1. The van der Waals surface area contributed by atoms with Gasteiger partial charge in [-0.05, 0) is 0 Å². The monoisotopic (exact) mass is 394 g/mol. The summed E-state index contributed by atoms with van der Waals surface area (Å²) in [6.07, 6.45) is -12.1. The van der Waals surface area contributed by atoms with Crippen molar-refractivity contribution >= 4 is 10.1 Å². The van der Waals surface area contributed by atoms with Gasteiger partial charge in [-0.25, -0.2) is 8.78 Å². The summed E-state index contributed by atoms with van der Waals surface area (Å²) in [5, 5.41) is -7.14. The molecular weight excluding hydrogens is 392 g/mol. The van der Waals surface area contributed by atoms with Crippen LogP contribution in [0.15, 0.2) is 11.7 Å². The molecule has 0 aromatic heterocycles. The van der Waals surface area contributed by atoms with Crippen LogP contribution in [0.1, 0.15) is 0 Å². The second kappa shape index (κ2) is 5.71. The van der Waals surface area contributed by atoms with Crippen LogP contribution < -0.4 is 0 Å². The first-order valence-electron chi connectivity index (χ1n) is 4.59. The van der Waals surface area contributed by atoms with Crippen molar-refractivity contribution in [1.82, 2.24) is 0 Å². The van der Waals surface area contributed by atoms with Crippen LogP contribution >= 0.6 is 0 Å². The van der Waals surface area contributed by atoms with Crippen LogP contribution in [0.3, 0.4) is 0 Å². The molecule has 3 nitrogen and oxygen atoms in total. The Kier molecular flexibility index (Phi) is 5.42. The van der Waals surface area contributed by atoms with Crippen LogP contribution in [0.5, 0.6) is 0 Å². The predicted molar refractivity (Wildman–Crippen MR) is 46.6 cm³/mol. The van der Waals surface area contributed by atoms with Crippen molar-refractivity contribution in [3.05, 3.63) is 11.7 Å². The summed E-state index contributed by atoms with van der Waals surface area (Å²) in [6, 6.07) is 0. The lowest BCUT2D eigenvalue weighted by Crippen LogP contribution is -2.61. The lowest BCUT2D eigenvalue weighted by molar-refractivity contribution is -0.297. The molecule has 1 N–H and O–H groups in total. The third-order valence-electron chi connectivity index (χ3n) is 2.11. The fourth-order valence-electron chi connectivity index (χ4n) is 0.921. The van der Waals surface area contributed by atoms with Gasteiger partial charge in [-0.15, -0.1) is 0 Å². The molecule has 0 radical (unpaired) electrons. The van der Waals surface area contributed by atoms with Crippen LogP contribution in [-0.4, -0.2) is 42.4 Å². The molecule has 0 heterocycles. The molecule has 0 bridgehead atoms. The van der Waals surface area contributed by atoms with Crippen molar-refractivity contribution in [3.63, 3.8) is 0 Å². The van der Waals surface area contributed by atoms with Gasteiger partial charge in [0.2, 0.25) is 12.0 Å². The molecule has 0 aromatic carbocycles. The summed E-state index contributed by atoms with van der Waals surface area (Å²) < 4.78 is 176. The van der Waals surface area contributed by atoms with Gasteiger partial charge in [0, 0.05) is 0 Å². The van der Waals surface area contributed by atoms with Crippen LogP contribution in [0, 0.1) is 0 Å². The molecule has 0 saturated heterocycles.